The fourth-order valence-corrected chi connectivity index (χ4v) is 2.69. The molecule has 0 bridgehead atoms. The molecule has 0 saturated heterocycles. The summed E-state index contributed by atoms with van der Waals surface area (Å²) in [5.41, 5.74) is 1.52. The van der Waals surface area contributed by atoms with Gasteiger partial charge in [0.15, 0.2) is 5.78 Å². The first-order chi connectivity index (χ1) is 8.88. The van der Waals surface area contributed by atoms with Crippen LogP contribution in [0.3, 0.4) is 0 Å². The highest BCUT2D eigenvalue weighted by Gasteiger charge is 2.51. The van der Waals surface area contributed by atoms with Crippen LogP contribution < -0.4 is 5.32 Å². The number of anilines is 1. The summed E-state index contributed by atoms with van der Waals surface area (Å²) in [6.45, 7) is 4.04. The zero-order chi connectivity index (χ0) is 13.8. The zero-order valence-electron chi connectivity index (χ0n) is 11.0. The van der Waals surface area contributed by atoms with Crippen molar-refractivity contribution < 1.29 is 14.0 Å². The van der Waals surface area contributed by atoms with Crippen LogP contribution in [0.5, 0.6) is 0 Å². The van der Waals surface area contributed by atoms with Crippen LogP contribution in [0.2, 0.25) is 0 Å². The van der Waals surface area contributed by atoms with Gasteiger partial charge in [0.2, 0.25) is 5.91 Å². The Morgan fingerprint density at radius 2 is 2.05 bits per heavy atom. The van der Waals surface area contributed by atoms with Crippen LogP contribution in [0.4, 0.5) is 10.1 Å². The maximum atomic E-state index is 14.0. The van der Waals surface area contributed by atoms with E-state index in [1.807, 2.05) is 13.8 Å². The molecule has 3 rings (SSSR count). The molecule has 19 heavy (non-hydrogen) atoms. The maximum Gasteiger partial charge on any atom is 0.224 e. The standard InChI is InChI=1S/C15H16FNO2/c1-15(2)7-10(15)14(19)9-5-8-3-4-13(18)17-12(8)6-11(9)16/h5-6,10H,3-4,7H2,1-2H3,(H,17,18). The lowest BCUT2D eigenvalue weighted by molar-refractivity contribution is -0.116. The molecule has 1 saturated carbocycles. The topological polar surface area (TPSA) is 46.2 Å². The summed E-state index contributed by atoms with van der Waals surface area (Å²) in [6.07, 6.45) is 1.77. The second-order valence-corrected chi connectivity index (χ2v) is 6.15. The summed E-state index contributed by atoms with van der Waals surface area (Å²) in [4.78, 5) is 23.5. The first-order valence-electron chi connectivity index (χ1n) is 6.55. The normalized spacial score (nSPS) is 23.5. The Balaban J connectivity index is 1.95. The van der Waals surface area contributed by atoms with Gasteiger partial charge in [0.1, 0.15) is 5.82 Å². The number of aryl methyl sites for hydroxylation is 1. The quantitative estimate of drug-likeness (QED) is 0.832. The van der Waals surface area contributed by atoms with Gasteiger partial charge < -0.3 is 5.32 Å². The molecular formula is C15H16FNO2. The summed E-state index contributed by atoms with van der Waals surface area (Å²) in [5, 5.41) is 2.64. The lowest BCUT2D eigenvalue weighted by Crippen LogP contribution is -2.20. The van der Waals surface area contributed by atoms with Crippen molar-refractivity contribution in [2.75, 3.05) is 5.32 Å². The number of hydrogen-bond donors (Lipinski definition) is 1. The van der Waals surface area contributed by atoms with Crippen molar-refractivity contribution in [1.82, 2.24) is 0 Å². The van der Waals surface area contributed by atoms with E-state index in [0.29, 0.717) is 18.5 Å². The van der Waals surface area contributed by atoms with Gasteiger partial charge >= 0.3 is 0 Å². The first kappa shape index (κ1) is 12.3. The molecule has 0 radical (unpaired) electrons. The maximum absolute atomic E-state index is 14.0. The Hall–Kier alpha value is -1.71. The van der Waals surface area contributed by atoms with Crippen LogP contribution in [0, 0.1) is 17.2 Å². The van der Waals surface area contributed by atoms with Crippen LogP contribution >= 0.6 is 0 Å². The van der Waals surface area contributed by atoms with Gasteiger partial charge in [-0.2, -0.15) is 0 Å². The molecule has 1 unspecified atom stereocenters. The van der Waals surface area contributed by atoms with Gasteiger partial charge in [0, 0.05) is 18.0 Å². The molecule has 1 atom stereocenters. The number of benzene rings is 1. The number of fused-ring (bicyclic) bond motifs is 1. The van der Waals surface area contributed by atoms with Crippen LogP contribution in [0.25, 0.3) is 0 Å². The van der Waals surface area contributed by atoms with Crippen LogP contribution in [-0.2, 0) is 11.2 Å². The molecule has 1 aliphatic carbocycles. The highest BCUT2D eigenvalue weighted by molar-refractivity contribution is 6.02. The summed E-state index contributed by atoms with van der Waals surface area (Å²) >= 11 is 0. The van der Waals surface area contributed by atoms with E-state index < -0.39 is 5.82 Å². The van der Waals surface area contributed by atoms with E-state index >= 15 is 0 Å². The van der Waals surface area contributed by atoms with Gasteiger partial charge in [-0.25, -0.2) is 4.39 Å². The summed E-state index contributed by atoms with van der Waals surface area (Å²) in [6, 6.07) is 2.88. The Morgan fingerprint density at radius 3 is 2.68 bits per heavy atom. The largest absolute Gasteiger partial charge is 0.326 e. The molecule has 0 aromatic heterocycles. The Morgan fingerprint density at radius 1 is 1.37 bits per heavy atom. The highest BCUT2D eigenvalue weighted by Crippen LogP contribution is 2.53. The van der Waals surface area contributed by atoms with Crippen LogP contribution in [0.15, 0.2) is 12.1 Å². The number of carbonyl (C=O) groups is 2. The second-order valence-electron chi connectivity index (χ2n) is 6.15. The molecule has 100 valence electrons. The molecule has 1 fully saturated rings. The Kier molecular flexibility index (Phi) is 2.52. The van der Waals surface area contributed by atoms with Gasteiger partial charge in [-0.05, 0) is 36.0 Å². The van der Waals surface area contributed by atoms with Gasteiger partial charge in [0.05, 0.1) is 5.56 Å². The SMILES string of the molecule is CC1(C)CC1C(=O)c1cc2c(cc1F)NC(=O)CC2. The molecule has 4 heteroatoms. The number of ketones is 1. The number of carbonyl (C=O) groups excluding carboxylic acids is 2. The van der Waals surface area contributed by atoms with E-state index in [1.165, 1.54) is 6.07 Å². The van der Waals surface area contributed by atoms with Gasteiger partial charge in [-0.3, -0.25) is 9.59 Å². The third kappa shape index (κ3) is 2.05. The van der Waals surface area contributed by atoms with Crippen molar-refractivity contribution >= 4 is 17.4 Å². The molecule has 1 heterocycles. The molecule has 1 aliphatic heterocycles. The van der Waals surface area contributed by atoms with E-state index in [9.17, 15) is 14.0 Å². The molecule has 3 nitrogen and oxygen atoms in total. The zero-order valence-corrected chi connectivity index (χ0v) is 11.0. The van der Waals surface area contributed by atoms with Crippen molar-refractivity contribution in [1.29, 1.82) is 0 Å². The molecule has 2 aliphatic rings. The van der Waals surface area contributed by atoms with Crippen molar-refractivity contribution in [2.24, 2.45) is 11.3 Å². The molecular weight excluding hydrogens is 245 g/mol. The van der Waals surface area contributed by atoms with Crippen molar-refractivity contribution in [2.45, 2.75) is 33.1 Å². The number of hydrogen-bond acceptors (Lipinski definition) is 2. The van der Waals surface area contributed by atoms with Crippen LogP contribution in [0.1, 0.15) is 42.6 Å². The summed E-state index contributed by atoms with van der Waals surface area (Å²) < 4.78 is 14.0. The minimum Gasteiger partial charge on any atom is -0.326 e. The lowest BCUT2D eigenvalue weighted by Gasteiger charge is -2.18. The molecule has 1 aromatic rings. The predicted molar refractivity (Wildman–Crippen MR) is 69.6 cm³/mol. The number of amides is 1. The summed E-state index contributed by atoms with van der Waals surface area (Å²) in [5.74, 6) is -0.816. The lowest BCUT2D eigenvalue weighted by atomic mass is 9.95. The van der Waals surface area contributed by atoms with E-state index in [-0.39, 0.29) is 28.6 Å². The number of rotatable bonds is 2. The van der Waals surface area contributed by atoms with E-state index in [4.69, 9.17) is 0 Å². The second kappa shape index (κ2) is 3.89. The average Bonchev–Trinajstić information content (AvgIpc) is 2.96. The van der Waals surface area contributed by atoms with Crippen molar-refractivity contribution in [3.8, 4) is 0 Å². The molecule has 1 aromatic carbocycles. The fraction of sp³-hybridized carbons (Fsp3) is 0.467. The number of halogens is 1. The van der Waals surface area contributed by atoms with E-state index in [2.05, 4.69) is 5.32 Å². The van der Waals surface area contributed by atoms with Gasteiger partial charge in [0.25, 0.3) is 0 Å². The third-order valence-electron chi connectivity index (χ3n) is 4.18. The average molecular weight is 261 g/mol. The molecule has 1 N–H and O–H groups in total. The molecule has 1 amide bonds. The predicted octanol–water partition coefficient (Wildman–Crippen LogP) is 2.94. The van der Waals surface area contributed by atoms with Crippen molar-refractivity contribution in [3.63, 3.8) is 0 Å². The third-order valence-corrected chi connectivity index (χ3v) is 4.18. The highest BCUT2D eigenvalue weighted by atomic mass is 19.1. The first-order valence-corrected chi connectivity index (χ1v) is 6.55. The fourth-order valence-electron chi connectivity index (χ4n) is 2.69. The molecule has 0 spiro atoms. The monoisotopic (exact) mass is 261 g/mol. The smallest absolute Gasteiger partial charge is 0.224 e. The van der Waals surface area contributed by atoms with Crippen LogP contribution in [-0.4, -0.2) is 11.7 Å². The van der Waals surface area contributed by atoms with E-state index in [1.54, 1.807) is 6.07 Å². The van der Waals surface area contributed by atoms with Crippen molar-refractivity contribution in [3.05, 3.63) is 29.1 Å². The van der Waals surface area contributed by atoms with Gasteiger partial charge in [-0.15, -0.1) is 0 Å². The minimum atomic E-state index is -0.534. The van der Waals surface area contributed by atoms with Gasteiger partial charge in [-0.1, -0.05) is 13.8 Å². The Bertz CT molecular complexity index is 592. The van der Waals surface area contributed by atoms with E-state index in [0.717, 1.165) is 12.0 Å². The Labute approximate surface area is 111 Å². The minimum absolute atomic E-state index is 0.00631. The summed E-state index contributed by atoms with van der Waals surface area (Å²) in [7, 11) is 0. The number of Topliss-reactive ketones (excluding diaryl/α,β-unsaturated/α-hetero) is 1. The number of nitrogens with one attached hydrogen (secondary N) is 1.